The number of nitrogens with one attached hydrogen (secondary N) is 1. The second-order valence-electron chi connectivity index (χ2n) is 6.93. The molecule has 116 valence electrons. The van der Waals surface area contributed by atoms with Gasteiger partial charge in [-0.25, -0.2) is 0 Å². The fourth-order valence-electron chi connectivity index (χ4n) is 4.00. The van der Waals surface area contributed by atoms with Crippen molar-refractivity contribution in [1.82, 2.24) is 4.98 Å². The van der Waals surface area contributed by atoms with Gasteiger partial charge in [-0.15, -0.1) is 0 Å². The number of allylic oxidation sites excluding steroid dienone is 4. The van der Waals surface area contributed by atoms with E-state index in [1.165, 1.54) is 42.8 Å². The van der Waals surface area contributed by atoms with Crippen LogP contribution in [0.4, 0.5) is 0 Å². The van der Waals surface area contributed by atoms with Gasteiger partial charge < -0.3 is 4.98 Å². The summed E-state index contributed by atoms with van der Waals surface area (Å²) in [5.74, 6) is 0. The highest BCUT2D eigenvalue weighted by atomic mass is 79.9. The molecule has 0 amide bonds. The van der Waals surface area contributed by atoms with Gasteiger partial charge in [0.1, 0.15) is 0 Å². The predicted molar refractivity (Wildman–Crippen MR) is 103 cm³/mol. The van der Waals surface area contributed by atoms with Crippen LogP contribution in [0.15, 0.2) is 58.7 Å². The fraction of sp³-hybridized carbons (Fsp3) is 0.238. The maximum absolute atomic E-state index is 3.83. The lowest BCUT2D eigenvalue weighted by molar-refractivity contribution is 0.616. The number of aromatic amines is 1. The lowest BCUT2D eigenvalue weighted by atomic mass is 9.75. The Bertz CT molecular complexity index is 986. The lowest BCUT2D eigenvalue weighted by Crippen LogP contribution is -2.20. The number of aromatic nitrogens is 1. The molecular formula is C21H20BrN. The largest absolute Gasteiger partial charge is 0.361 e. The van der Waals surface area contributed by atoms with Gasteiger partial charge >= 0.3 is 0 Å². The number of fused-ring (bicyclic) bond motifs is 2. The molecule has 0 radical (unpaired) electrons. The van der Waals surface area contributed by atoms with Crippen LogP contribution in [0, 0.1) is 6.92 Å². The summed E-state index contributed by atoms with van der Waals surface area (Å²) in [5, 5.41) is 3.89. The molecule has 0 fully saturated rings. The first-order valence-corrected chi connectivity index (χ1v) is 8.85. The Hall–Kier alpha value is -1.80. The third kappa shape index (κ3) is 2.12. The molecule has 1 aliphatic rings. The molecule has 0 aliphatic heterocycles. The Labute approximate surface area is 145 Å². The Balaban J connectivity index is 2.06. The van der Waals surface area contributed by atoms with Gasteiger partial charge in [0, 0.05) is 27.0 Å². The van der Waals surface area contributed by atoms with E-state index in [2.05, 4.69) is 84.2 Å². The normalized spacial score (nSPS) is 14.9. The van der Waals surface area contributed by atoms with Gasteiger partial charge in [-0.1, -0.05) is 43.7 Å². The van der Waals surface area contributed by atoms with E-state index in [1.807, 2.05) is 6.20 Å². The predicted octanol–water partition coefficient (Wildman–Crippen LogP) is 6.56. The molecule has 3 aromatic rings. The van der Waals surface area contributed by atoms with Gasteiger partial charge in [0.25, 0.3) is 0 Å². The minimum atomic E-state index is 0.0389. The number of rotatable bonds is 2. The summed E-state index contributed by atoms with van der Waals surface area (Å²) in [6, 6.07) is 8.84. The molecule has 1 aromatic heterocycles. The van der Waals surface area contributed by atoms with E-state index < -0.39 is 0 Å². The zero-order valence-electron chi connectivity index (χ0n) is 13.7. The quantitative estimate of drug-likeness (QED) is 0.529. The maximum Gasteiger partial charge on any atom is 0.0471 e. The number of aryl methyl sites for hydroxylation is 1. The van der Waals surface area contributed by atoms with E-state index in [-0.39, 0.29) is 5.41 Å². The summed E-state index contributed by atoms with van der Waals surface area (Å²) in [6.07, 6.45) is 9.75. The summed E-state index contributed by atoms with van der Waals surface area (Å²) in [4.78, 5) is 3.38. The molecule has 2 heteroatoms. The molecule has 4 rings (SSSR count). The molecule has 1 aliphatic carbocycles. The zero-order valence-corrected chi connectivity index (χ0v) is 15.3. The summed E-state index contributed by atoms with van der Waals surface area (Å²) >= 11 is 3.83. The number of hydrogen-bond donors (Lipinski definition) is 1. The molecule has 1 heterocycles. The van der Waals surface area contributed by atoms with Crippen molar-refractivity contribution in [3.63, 3.8) is 0 Å². The van der Waals surface area contributed by atoms with Gasteiger partial charge in [-0.05, 0) is 69.4 Å². The van der Waals surface area contributed by atoms with Crippen molar-refractivity contribution in [1.29, 1.82) is 0 Å². The Morgan fingerprint density at radius 2 is 1.96 bits per heavy atom. The minimum Gasteiger partial charge on any atom is -0.361 e. The van der Waals surface area contributed by atoms with Gasteiger partial charge in [0.2, 0.25) is 0 Å². The standard InChI is InChI=1S/C21H20BrN/c1-13-11-17-16(12-18-15(20(17)22)9-6-10-23-18)19(13)21(2,3)14-7-4-5-8-14/h4-7,9-12,23H,8H2,1-3H3. The average Bonchev–Trinajstić information content (AvgIpc) is 3.15. The van der Waals surface area contributed by atoms with Gasteiger partial charge in [-0.2, -0.15) is 0 Å². The van der Waals surface area contributed by atoms with Crippen LogP contribution < -0.4 is 0 Å². The van der Waals surface area contributed by atoms with Crippen molar-refractivity contribution >= 4 is 37.6 Å². The molecule has 1 N–H and O–H groups in total. The van der Waals surface area contributed by atoms with Crippen LogP contribution in [0.3, 0.4) is 0 Å². The maximum atomic E-state index is 3.83. The van der Waals surface area contributed by atoms with Crippen LogP contribution >= 0.6 is 15.9 Å². The third-order valence-electron chi connectivity index (χ3n) is 5.16. The van der Waals surface area contributed by atoms with Crippen molar-refractivity contribution < 1.29 is 0 Å². The first kappa shape index (κ1) is 14.8. The van der Waals surface area contributed by atoms with Crippen LogP contribution in [0.5, 0.6) is 0 Å². The molecule has 1 nitrogen and oxygen atoms in total. The van der Waals surface area contributed by atoms with Crippen molar-refractivity contribution in [3.05, 3.63) is 69.9 Å². The molecule has 0 saturated carbocycles. The number of benzene rings is 1. The molecule has 0 saturated heterocycles. The molecule has 0 bridgehead atoms. The van der Waals surface area contributed by atoms with Crippen LogP contribution in [0.25, 0.3) is 21.7 Å². The second kappa shape index (κ2) is 5.10. The van der Waals surface area contributed by atoms with E-state index in [4.69, 9.17) is 0 Å². The third-order valence-corrected chi connectivity index (χ3v) is 6.02. The van der Waals surface area contributed by atoms with Crippen molar-refractivity contribution in [2.45, 2.75) is 32.6 Å². The summed E-state index contributed by atoms with van der Waals surface area (Å²) in [7, 11) is 0. The van der Waals surface area contributed by atoms with Crippen LogP contribution in [-0.4, -0.2) is 4.98 Å². The highest BCUT2D eigenvalue weighted by Crippen LogP contribution is 2.45. The highest BCUT2D eigenvalue weighted by molar-refractivity contribution is 9.10. The topological polar surface area (TPSA) is 15.8 Å². The fourth-order valence-corrected chi connectivity index (χ4v) is 4.67. The van der Waals surface area contributed by atoms with Crippen molar-refractivity contribution in [2.75, 3.05) is 0 Å². The zero-order chi connectivity index (χ0) is 16.2. The first-order valence-electron chi connectivity index (χ1n) is 8.05. The van der Waals surface area contributed by atoms with E-state index in [9.17, 15) is 0 Å². The molecule has 0 unspecified atom stereocenters. The smallest absolute Gasteiger partial charge is 0.0471 e. The Kier molecular flexibility index (Phi) is 3.28. The average molecular weight is 366 g/mol. The molecular weight excluding hydrogens is 346 g/mol. The second-order valence-corrected chi connectivity index (χ2v) is 7.73. The van der Waals surface area contributed by atoms with Gasteiger partial charge in [0.05, 0.1) is 0 Å². The summed E-state index contributed by atoms with van der Waals surface area (Å²) in [6.45, 7) is 6.93. The Morgan fingerprint density at radius 1 is 1.13 bits per heavy atom. The molecule has 23 heavy (non-hydrogen) atoms. The lowest BCUT2D eigenvalue weighted by Gasteiger charge is -2.28. The van der Waals surface area contributed by atoms with Crippen molar-refractivity contribution in [2.24, 2.45) is 0 Å². The van der Waals surface area contributed by atoms with Crippen LogP contribution in [-0.2, 0) is 5.41 Å². The molecule has 0 spiro atoms. The van der Waals surface area contributed by atoms with E-state index in [0.717, 1.165) is 6.42 Å². The molecule has 0 atom stereocenters. The SMILES string of the molecule is Cc1cc2c(Br)c3ccc[nH]c3cc2c1C(C)(C)C1=CC=CC1. The highest BCUT2D eigenvalue weighted by Gasteiger charge is 2.30. The number of pyridine rings is 1. The van der Waals surface area contributed by atoms with Crippen molar-refractivity contribution in [3.8, 4) is 0 Å². The number of hydrogen-bond acceptors (Lipinski definition) is 0. The minimum absolute atomic E-state index is 0.0389. The summed E-state index contributed by atoms with van der Waals surface area (Å²) in [5.41, 5.74) is 5.52. The van der Waals surface area contributed by atoms with Gasteiger partial charge in [0.15, 0.2) is 0 Å². The van der Waals surface area contributed by atoms with Crippen LogP contribution in [0.2, 0.25) is 0 Å². The van der Waals surface area contributed by atoms with Gasteiger partial charge in [-0.3, -0.25) is 0 Å². The van der Waals surface area contributed by atoms with E-state index in [0.29, 0.717) is 0 Å². The first-order chi connectivity index (χ1) is 11.0. The number of halogens is 1. The molecule has 2 aromatic carbocycles. The summed E-state index contributed by atoms with van der Waals surface area (Å²) < 4.78 is 1.19. The number of H-pyrrole nitrogens is 1. The Morgan fingerprint density at radius 3 is 2.70 bits per heavy atom. The van der Waals surface area contributed by atoms with E-state index in [1.54, 1.807) is 0 Å². The van der Waals surface area contributed by atoms with E-state index >= 15 is 0 Å². The monoisotopic (exact) mass is 365 g/mol. The van der Waals surface area contributed by atoms with Crippen LogP contribution in [0.1, 0.15) is 31.4 Å².